The summed E-state index contributed by atoms with van der Waals surface area (Å²) in [6, 6.07) is 19.6. The van der Waals surface area contributed by atoms with Crippen LogP contribution in [0.5, 0.6) is 0 Å². The molecular formula is C46H54N8O6. The highest BCUT2D eigenvalue weighted by molar-refractivity contribution is 5.88. The Morgan fingerprint density at radius 2 is 1.18 bits per heavy atom. The van der Waals surface area contributed by atoms with Crippen LogP contribution in [-0.2, 0) is 24.1 Å². The molecule has 9 rings (SSSR count). The number of amides is 3. The Morgan fingerprint density at radius 1 is 0.683 bits per heavy atom. The summed E-state index contributed by atoms with van der Waals surface area (Å²) in [4.78, 5) is 75.3. The van der Waals surface area contributed by atoms with Crippen molar-refractivity contribution in [2.45, 2.75) is 101 Å². The first-order valence-electron chi connectivity index (χ1n) is 21.6. The van der Waals surface area contributed by atoms with Crippen LogP contribution in [0.4, 0.5) is 4.79 Å². The molecule has 5 aromatic rings. The van der Waals surface area contributed by atoms with Gasteiger partial charge >= 0.3 is 6.09 Å². The van der Waals surface area contributed by atoms with Crippen LogP contribution in [0.2, 0.25) is 0 Å². The highest BCUT2D eigenvalue weighted by Crippen LogP contribution is 2.38. The van der Waals surface area contributed by atoms with E-state index in [4.69, 9.17) is 24.5 Å². The number of nitrogens with one attached hydrogen (secondary N) is 3. The van der Waals surface area contributed by atoms with E-state index >= 15 is 0 Å². The van der Waals surface area contributed by atoms with Crippen molar-refractivity contribution in [1.82, 2.24) is 35.1 Å². The van der Waals surface area contributed by atoms with Crippen LogP contribution in [0.1, 0.15) is 101 Å². The quantitative estimate of drug-likeness (QED) is 0.0491. The third kappa shape index (κ3) is 7.96. The lowest BCUT2D eigenvalue weighted by molar-refractivity contribution is -0.188. The predicted molar refractivity (Wildman–Crippen MR) is 228 cm³/mol. The smallest absolute Gasteiger partial charge is 0.407 e. The van der Waals surface area contributed by atoms with Gasteiger partial charge in [0, 0.05) is 13.1 Å². The van der Waals surface area contributed by atoms with E-state index in [2.05, 4.69) is 80.9 Å². The molecular weight excluding hydrogens is 761 g/mol. The van der Waals surface area contributed by atoms with Crippen LogP contribution >= 0.6 is 0 Å². The molecule has 3 amide bonds. The molecule has 2 saturated carbocycles. The molecule has 3 aromatic carbocycles. The van der Waals surface area contributed by atoms with Crippen molar-refractivity contribution < 1.29 is 28.9 Å². The fourth-order valence-corrected chi connectivity index (χ4v) is 10.2. The molecule has 0 bridgehead atoms. The Morgan fingerprint density at radius 3 is 1.70 bits per heavy atom. The second-order valence-electron chi connectivity index (χ2n) is 16.8. The highest BCUT2D eigenvalue weighted by Gasteiger charge is 2.41. The van der Waals surface area contributed by atoms with Gasteiger partial charge in [0.05, 0.1) is 48.4 Å². The van der Waals surface area contributed by atoms with Gasteiger partial charge in [-0.25, -0.2) is 19.8 Å². The third-order valence-electron chi connectivity index (χ3n) is 13.3. The number of aliphatic imine (C=N–C) groups is 1. The van der Waals surface area contributed by atoms with E-state index in [1.54, 1.807) is 0 Å². The summed E-state index contributed by atoms with van der Waals surface area (Å²) < 4.78 is 4.89. The van der Waals surface area contributed by atoms with Gasteiger partial charge in [-0.15, -0.1) is 0 Å². The van der Waals surface area contributed by atoms with Crippen LogP contribution in [0.3, 0.4) is 0 Å². The molecule has 14 nitrogen and oxygen atoms in total. The van der Waals surface area contributed by atoms with Gasteiger partial charge < -0.3 is 34.7 Å². The standard InChI is InChI=1S/C46H54N8O6/c1-58-46(57)52-41(31-11-5-6-12-31)45(56)54-24-8-14-39(54)43-49-35-22-20-33(26-37(35)51-43)29-17-15-28(16-18-29)32-19-21-34-36(25-32)50-42(48-34)38-13-7-23-53(38)44(55)40(47-27-60-59-2)30-9-3-4-10-30/h15-22,25-27,30-31,38-41H,3-14,23-24H2,1-2H3,(H,48,50)(H,49,51)(H,52,57)/b47-27-/t38-,39-,40-,41-/m0/s1. The van der Waals surface area contributed by atoms with Crippen molar-refractivity contribution in [3.63, 3.8) is 0 Å². The van der Waals surface area contributed by atoms with E-state index in [9.17, 15) is 14.4 Å². The number of benzene rings is 3. The number of rotatable bonds is 12. The topological polar surface area (TPSA) is 167 Å². The Hall–Kier alpha value is -5.76. The van der Waals surface area contributed by atoms with Crippen molar-refractivity contribution in [2.24, 2.45) is 16.8 Å². The first kappa shape index (κ1) is 39.7. The van der Waals surface area contributed by atoms with Gasteiger partial charge in [0.1, 0.15) is 23.7 Å². The van der Waals surface area contributed by atoms with Crippen LogP contribution < -0.4 is 5.32 Å². The van der Waals surface area contributed by atoms with E-state index < -0.39 is 18.2 Å². The van der Waals surface area contributed by atoms with Gasteiger partial charge in [-0.05, 0) is 110 Å². The highest BCUT2D eigenvalue weighted by atomic mass is 17.2. The van der Waals surface area contributed by atoms with Crippen LogP contribution in [0, 0.1) is 11.8 Å². The fourth-order valence-electron chi connectivity index (χ4n) is 10.2. The number of hydrogen-bond acceptors (Lipinski definition) is 9. The van der Waals surface area contributed by atoms with Crippen molar-refractivity contribution in [2.75, 3.05) is 27.3 Å². The Balaban J connectivity index is 0.897. The number of alkyl carbamates (subject to hydrolysis) is 1. The maximum atomic E-state index is 14.0. The molecule has 0 radical (unpaired) electrons. The molecule has 2 aliphatic carbocycles. The Labute approximate surface area is 349 Å². The van der Waals surface area contributed by atoms with E-state index in [1.807, 2.05) is 9.80 Å². The van der Waals surface area contributed by atoms with Gasteiger partial charge in [0.15, 0.2) is 0 Å². The maximum Gasteiger partial charge on any atom is 0.407 e. The van der Waals surface area contributed by atoms with Crippen molar-refractivity contribution in [3.05, 3.63) is 72.3 Å². The number of ether oxygens (including phenoxy) is 1. The molecule has 4 aliphatic rings. The second-order valence-corrected chi connectivity index (χ2v) is 16.8. The molecule has 4 atom stereocenters. The number of carbonyl (C=O) groups is 3. The molecule has 0 spiro atoms. The molecule has 3 N–H and O–H groups in total. The van der Waals surface area contributed by atoms with Gasteiger partial charge in [-0.3, -0.25) is 9.59 Å². The summed E-state index contributed by atoms with van der Waals surface area (Å²) in [5, 5.41) is 2.86. The first-order valence-corrected chi connectivity index (χ1v) is 21.6. The zero-order valence-electron chi connectivity index (χ0n) is 34.4. The van der Waals surface area contributed by atoms with Crippen LogP contribution in [0.15, 0.2) is 65.7 Å². The lowest BCUT2D eigenvalue weighted by Crippen LogP contribution is -2.51. The zero-order valence-corrected chi connectivity index (χ0v) is 34.4. The van der Waals surface area contributed by atoms with Crippen molar-refractivity contribution in [1.29, 1.82) is 0 Å². The van der Waals surface area contributed by atoms with E-state index in [0.717, 1.165) is 133 Å². The zero-order chi connectivity index (χ0) is 41.2. The van der Waals surface area contributed by atoms with Crippen LogP contribution in [0.25, 0.3) is 44.3 Å². The predicted octanol–water partition coefficient (Wildman–Crippen LogP) is 8.18. The number of likely N-dealkylation sites (tertiary alicyclic amines) is 2. The number of imidazole rings is 2. The second kappa shape index (κ2) is 17.5. The van der Waals surface area contributed by atoms with E-state index in [-0.39, 0.29) is 35.7 Å². The molecule has 2 aromatic heterocycles. The van der Waals surface area contributed by atoms with Gasteiger partial charge in [0.2, 0.25) is 18.2 Å². The van der Waals surface area contributed by atoms with Gasteiger partial charge in [-0.2, -0.15) is 4.89 Å². The number of carbonyl (C=O) groups excluding carboxylic acids is 3. The number of nitrogens with zero attached hydrogens (tertiary/aromatic N) is 5. The number of fused-ring (bicyclic) bond motifs is 2. The van der Waals surface area contributed by atoms with Gasteiger partial charge in [0.25, 0.3) is 0 Å². The molecule has 2 aliphatic heterocycles. The monoisotopic (exact) mass is 814 g/mol. The Kier molecular flexibility index (Phi) is 11.5. The number of aromatic nitrogens is 4. The number of H-pyrrole nitrogens is 2. The Bertz CT molecular complexity index is 2360. The summed E-state index contributed by atoms with van der Waals surface area (Å²) in [6.07, 6.45) is 12.3. The largest absolute Gasteiger partial charge is 0.453 e. The van der Waals surface area contributed by atoms with E-state index in [1.165, 1.54) is 20.6 Å². The van der Waals surface area contributed by atoms with Crippen molar-refractivity contribution in [3.8, 4) is 22.3 Å². The SMILES string of the molecule is COO/C=N\[C@H](C(=O)N1CCC[C@H]1c1nc2cc(-c3ccc(-c4ccc5[nH]c([C@@H]6CCCN6C(=O)[C@@H](NC(=O)OC)C6CCCC6)nc5c4)cc3)ccc2[nH]1)C1CCCC1. The minimum absolute atomic E-state index is 0.0275. The average Bonchev–Trinajstić information content (AvgIpc) is 4.13. The minimum atomic E-state index is -0.596. The lowest BCUT2D eigenvalue weighted by Gasteiger charge is -2.31. The average molecular weight is 815 g/mol. The molecule has 314 valence electrons. The number of hydrogen-bond donors (Lipinski definition) is 3. The van der Waals surface area contributed by atoms with Crippen LogP contribution in [-0.4, -0.2) is 93.4 Å². The number of methoxy groups -OCH3 is 1. The lowest BCUT2D eigenvalue weighted by atomic mass is 9.96. The fraction of sp³-hybridized carbons (Fsp3) is 0.478. The summed E-state index contributed by atoms with van der Waals surface area (Å²) in [7, 11) is 2.76. The normalized spacial score (nSPS) is 21.1. The summed E-state index contributed by atoms with van der Waals surface area (Å²) in [6.45, 7) is 1.30. The molecule has 0 unspecified atom stereocenters. The molecule has 14 heteroatoms. The molecule has 4 heterocycles. The molecule has 4 fully saturated rings. The number of aromatic amines is 2. The molecule has 60 heavy (non-hydrogen) atoms. The summed E-state index contributed by atoms with van der Waals surface area (Å²) in [5.41, 5.74) is 7.80. The third-order valence-corrected chi connectivity index (χ3v) is 13.3. The van der Waals surface area contributed by atoms with Gasteiger partial charge in [-0.1, -0.05) is 62.1 Å². The first-order chi connectivity index (χ1) is 29.4. The maximum absolute atomic E-state index is 14.0. The van der Waals surface area contributed by atoms with E-state index in [0.29, 0.717) is 13.1 Å². The molecule has 2 saturated heterocycles. The summed E-state index contributed by atoms with van der Waals surface area (Å²) in [5.74, 6) is 1.86. The van der Waals surface area contributed by atoms with Crippen molar-refractivity contribution >= 4 is 46.4 Å². The minimum Gasteiger partial charge on any atom is -0.453 e. The summed E-state index contributed by atoms with van der Waals surface area (Å²) >= 11 is 0.